The van der Waals surface area contributed by atoms with Crippen molar-refractivity contribution in [3.63, 3.8) is 0 Å². The second kappa shape index (κ2) is 9.28. The van der Waals surface area contributed by atoms with Crippen molar-refractivity contribution >= 4 is 17.5 Å². The summed E-state index contributed by atoms with van der Waals surface area (Å²) in [5.41, 5.74) is 0.673. The van der Waals surface area contributed by atoms with Crippen LogP contribution in [0.2, 0.25) is 0 Å². The molecule has 1 atom stereocenters. The van der Waals surface area contributed by atoms with E-state index in [4.69, 9.17) is 9.47 Å². The van der Waals surface area contributed by atoms with E-state index >= 15 is 0 Å². The van der Waals surface area contributed by atoms with Crippen LogP contribution in [0.15, 0.2) is 18.2 Å². The van der Waals surface area contributed by atoms with Gasteiger partial charge in [0.05, 0.1) is 20.3 Å². The molecule has 1 aliphatic heterocycles. The van der Waals surface area contributed by atoms with Crippen molar-refractivity contribution < 1.29 is 19.1 Å². The molecule has 0 spiro atoms. The summed E-state index contributed by atoms with van der Waals surface area (Å²) in [6.45, 7) is 4.43. The van der Waals surface area contributed by atoms with Gasteiger partial charge in [-0.3, -0.25) is 14.5 Å². The lowest BCUT2D eigenvalue weighted by Crippen LogP contribution is -2.56. The molecule has 1 saturated heterocycles. The number of rotatable bonds is 6. The molecule has 1 heterocycles. The first kappa shape index (κ1) is 20.5. The molecular weight excluding hydrogens is 358 g/mol. The number of carbonyl (C=O) groups excluding carboxylic acids is 2. The molecule has 1 unspecified atom stereocenters. The van der Waals surface area contributed by atoms with Crippen molar-refractivity contribution in [1.29, 1.82) is 0 Å². The fraction of sp³-hybridized carbons (Fsp3) is 0.619. The lowest BCUT2D eigenvalue weighted by molar-refractivity contribution is -0.132. The first-order chi connectivity index (χ1) is 13.5. The minimum Gasteiger partial charge on any atom is -0.497 e. The van der Waals surface area contributed by atoms with Gasteiger partial charge in [-0.2, -0.15) is 0 Å². The van der Waals surface area contributed by atoms with Gasteiger partial charge in [0.2, 0.25) is 11.8 Å². The third kappa shape index (κ3) is 4.76. The number of nitrogens with one attached hydrogen (secondary N) is 1. The second-order valence-electron chi connectivity index (χ2n) is 7.62. The second-order valence-corrected chi connectivity index (χ2v) is 7.62. The van der Waals surface area contributed by atoms with Gasteiger partial charge in [0, 0.05) is 57.0 Å². The van der Waals surface area contributed by atoms with Crippen LogP contribution >= 0.6 is 0 Å². The third-order valence-electron chi connectivity index (χ3n) is 5.89. The SMILES string of the molecule is COc1cc(NC(=O)C(C2CCCC2)N2CCN(C(C)=O)CC2)cc(OC)c1. The Bertz CT molecular complexity index is 673. The zero-order chi connectivity index (χ0) is 20.1. The van der Waals surface area contributed by atoms with Crippen LogP contribution in [0, 0.1) is 5.92 Å². The van der Waals surface area contributed by atoms with Crippen LogP contribution in [0.4, 0.5) is 5.69 Å². The van der Waals surface area contributed by atoms with Gasteiger partial charge in [-0.1, -0.05) is 12.8 Å². The number of benzene rings is 1. The average molecular weight is 389 g/mol. The van der Waals surface area contributed by atoms with E-state index in [0.29, 0.717) is 36.2 Å². The van der Waals surface area contributed by atoms with Crippen LogP contribution in [0.3, 0.4) is 0 Å². The van der Waals surface area contributed by atoms with Crippen molar-refractivity contribution in [1.82, 2.24) is 9.80 Å². The summed E-state index contributed by atoms with van der Waals surface area (Å²) in [5, 5.41) is 3.08. The Kier molecular flexibility index (Phi) is 6.78. The van der Waals surface area contributed by atoms with Crippen molar-refractivity contribution in [2.45, 2.75) is 38.6 Å². The maximum atomic E-state index is 13.3. The highest BCUT2D eigenvalue weighted by Crippen LogP contribution is 2.32. The van der Waals surface area contributed by atoms with Crippen molar-refractivity contribution in [2.24, 2.45) is 5.92 Å². The van der Waals surface area contributed by atoms with Crippen LogP contribution in [-0.2, 0) is 9.59 Å². The highest BCUT2D eigenvalue weighted by molar-refractivity contribution is 5.95. The van der Waals surface area contributed by atoms with Gasteiger partial charge in [0.25, 0.3) is 0 Å². The molecule has 0 bridgehead atoms. The Labute approximate surface area is 167 Å². The number of amides is 2. The molecule has 2 amide bonds. The largest absolute Gasteiger partial charge is 0.497 e. The van der Waals surface area contributed by atoms with Crippen LogP contribution in [0.25, 0.3) is 0 Å². The summed E-state index contributed by atoms with van der Waals surface area (Å²) in [5.74, 6) is 1.75. The quantitative estimate of drug-likeness (QED) is 0.809. The molecule has 1 aromatic carbocycles. The maximum absolute atomic E-state index is 13.3. The van der Waals surface area contributed by atoms with Crippen molar-refractivity contribution in [3.05, 3.63) is 18.2 Å². The predicted molar refractivity (Wildman–Crippen MR) is 108 cm³/mol. The standard InChI is InChI=1S/C21H31N3O4/c1-15(25)23-8-10-24(11-9-23)20(16-6-4-5-7-16)21(26)22-17-12-18(27-2)14-19(13-17)28-3/h12-14,16,20H,4-11H2,1-3H3,(H,22,26). The minimum absolute atomic E-state index is 0.0125. The van der Waals surface area contributed by atoms with E-state index < -0.39 is 0 Å². The Balaban J connectivity index is 1.75. The summed E-state index contributed by atoms with van der Waals surface area (Å²) in [6, 6.07) is 5.22. The molecule has 1 N–H and O–H groups in total. The molecule has 28 heavy (non-hydrogen) atoms. The molecule has 7 nitrogen and oxygen atoms in total. The fourth-order valence-corrected chi connectivity index (χ4v) is 4.36. The third-order valence-corrected chi connectivity index (χ3v) is 5.89. The average Bonchev–Trinajstić information content (AvgIpc) is 3.22. The number of carbonyl (C=O) groups is 2. The van der Waals surface area contributed by atoms with Crippen LogP contribution < -0.4 is 14.8 Å². The van der Waals surface area contributed by atoms with Gasteiger partial charge in [-0.25, -0.2) is 0 Å². The topological polar surface area (TPSA) is 71.1 Å². The van der Waals surface area contributed by atoms with E-state index in [-0.39, 0.29) is 17.9 Å². The van der Waals surface area contributed by atoms with E-state index in [2.05, 4.69) is 10.2 Å². The van der Waals surface area contributed by atoms with Gasteiger partial charge in [0.15, 0.2) is 0 Å². The molecule has 154 valence electrons. The summed E-state index contributed by atoms with van der Waals surface area (Å²) >= 11 is 0. The highest BCUT2D eigenvalue weighted by Gasteiger charge is 2.37. The van der Waals surface area contributed by atoms with Gasteiger partial charge < -0.3 is 19.7 Å². The number of piperazine rings is 1. The van der Waals surface area contributed by atoms with Crippen LogP contribution in [0.1, 0.15) is 32.6 Å². The normalized spacial score (nSPS) is 19.3. The highest BCUT2D eigenvalue weighted by atomic mass is 16.5. The molecule has 0 aromatic heterocycles. The van der Waals surface area contributed by atoms with E-state index in [9.17, 15) is 9.59 Å². The lowest BCUT2D eigenvalue weighted by atomic mass is 9.95. The molecule has 1 aliphatic carbocycles. The van der Waals surface area contributed by atoms with E-state index in [1.54, 1.807) is 39.3 Å². The van der Waals surface area contributed by atoms with Gasteiger partial charge >= 0.3 is 0 Å². The first-order valence-electron chi connectivity index (χ1n) is 10.1. The number of hydrogen-bond donors (Lipinski definition) is 1. The molecule has 7 heteroatoms. The Morgan fingerprint density at radius 2 is 1.57 bits per heavy atom. The zero-order valence-electron chi connectivity index (χ0n) is 17.1. The molecule has 0 radical (unpaired) electrons. The molecule has 2 aliphatic rings. The summed E-state index contributed by atoms with van der Waals surface area (Å²) < 4.78 is 10.6. The number of hydrogen-bond acceptors (Lipinski definition) is 5. The lowest BCUT2D eigenvalue weighted by Gasteiger charge is -2.40. The number of nitrogens with zero attached hydrogens (tertiary/aromatic N) is 2. The van der Waals surface area contributed by atoms with Gasteiger partial charge in [-0.05, 0) is 18.8 Å². The number of anilines is 1. The zero-order valence-corrected chi connectivity index (χ0v) is 17.1. The van der Waals surface area contributed by atoms with E-state index in [1.807, 2.05) is 4.90 Å². The van der Waals surface area contributed by atoms with Crippen LogP contribution in [0.5, 0.6) is 11.5 Å². The Morgan fingerprint density at radius 3 is 2.07 bits per heavy atom. The van der Waals surface area contributed by atoms with E-state index in [0.717, 1.165) is 25.9 Å². The Morgan fingerprint density at radius 1 is 1.00 bits per heavy atom. The molecule has 1 aromatic rings. The van der Waals surface area contributed by atoms with Crippen LogP contribution in [-0.4, -0.2) is 68.1 Å². The summed E-state index contributed by atoms with van der Waals surface area (Å²) in [4.78, 5) is 29.0. The maximum Gasteiger partial charge on any atom is 0.242 e. The number of methoxy groups -OCH3 is 2. The molecule has 2 fully saturated rings. The monoisotopic (exact) mass is 389 g/mol. The molecule has 1 saturated carbocycles. The molecular formula is C21H31N3O4. The van der Waals surface area contributed by atoms with Gasteiger partial charge in [-0.15, -0.1) is 0 Å². The van der Waals surface area contributed by atoms with E-state index in [1.165, 1.54) is 12.8 Å². The fourth-order valence-electron chi connectivity index (χ4n) is 4.36. The summed E-state index contributed by atoms with van der Waals surface area (Å²) in [7, 11) is 3.19. The smallest absolute Gasteiger partial charge is 0.242 e. The predicted octanol–water partition coefficient (Wildman–Crippen LogP) is 2.37. The van der Waals surface area contributed by atoms with Gasteiger partial charge in [0.1, 0.15) is 11.5 Å². The summed E-state index contributed by atoms with van der Waals surface area (Å²) in [6.07, 6.45) is 4.50. The Hall–Kier alpha value is -2.28. The number of ether oxygens (including phenoxy) is 2. The van der Waals surface area contributed by atoms with Crippen molar-refractivity contribution in [3.8, 4) is 11.5 Å². The first-order valence-corrected chi connectivity index (χ1v) is 10.1. The minimum atomic E-state index is -0.172. The molecule has 3 rings (SSSR count). The van der Waals surface area contributed by atoms with Crippen molar-refractivity contribution in [2.75, 3.05) is 45.7 Å².